The second-order valence-corrected chi connectivity index (χ2v) is 7.07. The number of ether oxygens (including phenoxy) is 1. The molecule has 1 aliphatic carbocycles. The Hall–Kier alpha value is -3.04. The molecule has 3 rings (SSSR count). The number of urea groups is 1. The number of carbonyl (C=O) groups is 4. The zero-order valence-electron chi connectivity index (χ0n) is 15.1. The Bertz CT molecular complexity index is 837. The Kier molecular flexibility index (Phi) is 5.30. The van der Waals surface area contributed by atoms with Crippen LogP contribution >= 0.6 is 0 Å². The Labute approximate surface area is 159 Å². The molecular weight excluding hydrogens is 376 g/mol. The molecular formula is C18H19F2N3O5. The molecule has 10 heteroatoms. The van der Waals surface area contributed by atoms with Gasteiger partial charge in [-0.05, 0) is 43.7 Å². The first kappa shape index (κ1) is 19.7. The van der Waals surface area contributed by atoms with Gasteiger partial charge in [0.15, 0.2) is 6.61 Å². The number of hydrogen-bond acceptors (Lipinski definition) is 5. The number of halogens is 2. The second-order valence-electron chi connectivity index (χ2n) is 7.07. The van der Waals surface area contributed by atoms with Crippen LogP contribution in [0.4, 0.5) is 13.6 Å². The molecule has 4 amide bonds. The van der Waals surface area contributed by atoms with Gasteiger partial charge in [0.05, 0.1) is 5.56 Å². The number of amides is 4. The number of carbonyl (C=O) groups excluding carboxylic acids is 4. The van der Waals surface area contributed by atoms with Gasteiger partial charge >= 0.3 is 12.0 Å². The van der Waals surface area contributed by atoms with Crippen molar-refractivity contribution in [3.8, 4) is 0 Å². The van der Waals surface area contributed by atoms with E-state index < -0.39 is 53.2 Å². The van der Waals surface area contributed by atoms with Crippen molar-refractivity contribution < 1.29 is 32.7 Å². The van der Waals surface area contributed by atoms with Gasteiger partial charge in [-0.3, -0.25) is 15.0 Å². The van der Waals surface area contributed by atoms with Crippen molar-refractivity contribution in [3.05, 3.63) is 35.4 Å². The van der Waals surface area contributed by atoms with E-state index in [4.69, 9.17) is 0 Å². The molecule has 28 heavy (non-hydrogen) atoms. The van der Waals surface area contributed by atoms with Crippen molar-refractivity contribution in [2.75, 3.05) is 6.61 Å². The SMILES string of the molecule is CC1CCC2(CC1)NC(=O)N(NC(=O)COC(=O)c1ccc(F)cc1F)C2=O. The molecule has 0 bridgehead atoms. The Morgan fingerprint density at radius 2 is 1.96 bits per heavy atom. The minimum atomic E-state index is -1.18. The van der Waals surface area contributed by atoms with E-state index in [0.717, 1.165) is 25.0 Å². The topological polar surface area (TPSA) is 105 Å². The number of rotatable bonds is 4. The quantitative estimate of drug-likeness (QED) is 0.596. The molecule has 1 heterocycles. The highest BCUT2D eigenvalue weighted by atomic mass is 19.1. The summed E-state index contributed by atoms with van der Waals surface area (Å²) in [6.45, 7) is 1.21. The van der Waals surface area contributed by atoms with E-state index in [9.17, 15) is 28.0 Å². The molecule has 1 spiro atoms. The Morgan fingerprint density at radius 3 is 2.61 bits per heavy atom. The maximum Gasteiger partial charge on any atom is 0.344 e. The van der Waals surface area contributed by atoms with Crippen molar-refractivity contribution in [1.29, 1.82) is 0 Å². The first-order valence-corrected chi connectivity index (χ1v) is 8.80. The molecule has 0 radical (unpaired) electrons. The Morgan fingerprint density at radius 1 is 1.29 bits per heavy atom. The van der Waals surface area contributed by atoms with E-state index in [-0.39, 0.29) is 0 Å². The number of imide groups is 1. The molecule has 1 saturated carbocycles. The molecule has 1 aromatic rings. The van der Waals surface area contributed by atoms with Crippen LogP contribution in [0.2, 0.25) is 0 Å². The van der Waals surface area contributed by atoms with Crippen LogP contribution in [-0.4, -0.2) is 41.0 Å². The summed E-state index contributed by atoms with van der Waals surface area (Å²) in [6, 6.07) is 1.51. The lowest BCUT2D eigenvalue weighted by Gasteiger charge is -2.33. The molecule has 2 fully saturated rings. The predicted octanol–water partition coefficient (Wildman–Crippen LogP) is 1.65. The lowest BCUT2D eigenvalue weighted by atomic mass is 9.77. The third kappa shape index (κ3) is 3.80. The van der Waals surface area contributed by atoms with Crippen molar-refractivity contribution in [2.24, 2.45) is 5.92 Å². The van der Waals surface area contributed by atoms with E-state index in [1.54, 1.807) is 0 Å². The molecule has 150 valence electrons. The highest BCUT2D eigenvalue weighted by molar-refractivity contribution is 6.08. The average molecular weight is 395 g/mol. The van der Waals surface area contributed by atoms with E-state index in [0.29, 0.717) is 29.8 Å². The molecule has 1 aromatic carbocycles. The zero-order valence-corrected chi connectivity index (χ0v) is 15.1. The average Bonchev–Trinajstić information content (AvgIpc) is 2.86. The summed E-state index contributed by atoms with van der Waals surface area (Å²) in [5.74, 6) is -4.23. The van der Waals surface area contributed by atoms with Crippen LogP contribution in [0.15, 0.2) is 18.2 Å². The first-order chi connectivity index (χ1) is 13.2. The van der Waals surface area contributed by atoms with Gasteiger partial charge in [-0.1, -0.05) is 6.92 Å². The van der Waals surface area contributed by atoms with Gasteiger partial charge in [0.1, 0.15) is 17.2 Å². The lowest BCUT2D eigenvalue weighted by molar-refractivity contribution is -0.141. The monoisotopic (exact) mass is 395 g/mol. The van der Waals surface area contributed by atoms with Crippen LogP contribution in [-0.2, 0) is 14.3 Å². The molecule has 0 unspecified atom stereocenters. The van der Waals surface area contributed by atoms with E-state index >= 15 is 0 Å². The van der Waals surface area contributed by atoms with E-state index in [1.807, 2.05) is 0 Å². The highest BCUT2D eigenvalue weighted by Gasteiger charge is 2.52. The molecule has 1 aliphatic heterocycles. The van der Waals surface area contributed by atoms with Gasteiger partial charge in [-0.25, -0.2) is 18.4 Å². The van der Waals surface area contributed by atoms with Gasteiger partial charge in [0.25, 0.3) is 11.8 Å². The van der Waals surface area contributed by atoms with Crippen LogP contribution in [0, 0.1) is 17.6 Å². The fraction of sp³-hybridized carbons (Fsp3) is 0.444. The summed E-state index contributed by atoms with van der Waals surface area (Å²) in [4.78, 5) is 48.5. The van der Waals surface area contributed by atoms with Gasteiger partial charge in [0.2, 0.25) is 0 Å². The fourth-order valence-corrected chi connectivity index (χ4v) is 3.34. The summed E-state index contributed by atoms with van der Waals surface area (Å²) in [5.41, 5.74) is 0.528. The van der Waals surface area contributed by atoms with Gasteiger partial charge in [-0.2, -0.15) is 5.01 Å². The Balaban J connectivity index is 1.57. The standard InChI is InChI=1S/C18H19F2N3O5/c1-10-4-6-18(7-5-10)16(26)23(17(27)21-18)22-14(24)9-28-15(25)12-3-2-11(19)8-13(12)20/h2-3,8,10H,4-7,9H2,1H3,(H,21,27)(H,22,24). The maximum absolute atomic E-state index is 13.5. The second kappa shape index (κ2) is 7.53. The third-order valence-electron chi connectivity index (χ3n) is 5.01. The van der Waals surface area contributed by atoms with Gasteiger partial charge < -0.3 is 10.1 Å². The van der Waals surface area contributed by atoms with Gasteiger partial charge in [0, 0.05) is 6.07 Å². The minimum absolute atomic E-state index is 0.449. The molecule has 2 N–H and O–H groups in total. The number of esters is 1. The summed E-state index contributed by atoms with van der Waals surface area (Å²) >= 11 is 0. The number of nitrogens with one attached hydrogen (secondary N) is 2. The number of hydrogen-bond donors (Lipinski definition) is 2. The van der Waals surface area contributed by atoms with Crippen molar-refractivity contribution in [2.45, 2.75) is 38.1 Å². The molecule has 0 aromatic heterocycles. The fourth-order valence-electron chi connectivity index (χ4n) is 3.34. The van der Waals surface area contributed by atoms with Crippen LogP contribution in [0.5, 0.6) is 0 Å². The zero-order chi connectivity index (χ0) is 20.5. The van der Waals surface area contributed by atoms with Crippen LogP contribution in [0.25, 0.3) is 0 Å². The maximum atomic E-state index is 13.5. The summed E-state index contributed by atoms with van der Waals surface area (Å²) in [7, 11) is 0. The van der Waals surface area contributed by atoms with Crippen LogP contribution in [0.1, 0.15) is 43.0 Å². The summed E-state index contributed by atoms with van der Waals surface area (Å²) in [5, 5.41) is 3.20. The summed E-state index contributed by atoms with van der Waals surface area (Å²) in [6.07, 6.45) is 2.50. The molecule has 1 saturated heterocycles. The number of nitrogens with zero attached hydrogens (tertiary/aromatic N) is 1. The lowest BCUT2D eigenvalue weighted by Crippen LogP contribution is -2.52. The predicted molar refractivity (Wildman–Crippen MR) is 90.5 cm³/mol. The molecule has 2 aliphatic rings. The summed E-state index contributed by atoms with van der Waals surface area (Å²) < 4.78 is 31.1. The third-order valence-corrected chi connectivity index (χ3v) is 5.01. The van der Waals surface area contributed by atoms with Gasteiger partial charge in [-0.15, -0.1) is 0 Å². The number of hydrazine groups is 1. The van der Waals surface area contributed by atoms with Crippen LogP contribution < -0.4 is 10.7 Å². The highest BCUT2D eigenvalue weighted by Crippen LogP contribution is 2.35. The number of benzene rings is 1. The minimum Gasteiger partial charge on any atom is -0.452 e. The normalized spacial score (nSPS) is 24.2. The van der Waals surface area contributed by atoms with Crippen molar-refractivity contribution >= 4 is 23.8 Å². The van der Waals surface area contributed by atoms with E-state index in [1.165, 1.54) is 0 Å². The largest absolute Gasteiger partial charge is 0.452 e. The van der Waals surface area contributed by atoms with Crippen molar-refractivity contribution in [1.82, 2.24) is 15.8 Å². The first-order valence-electron chi connectivity index (χ1n) is 8.80. The van der Waals surface area contributed by atoms with Crippen molar-refractivity contribution in [3.63, 3.8) is 0 Å². The molecule has 8 nitrogen and oxygen atoms in total. The molecule has 0 atom stereocenters. The smallest absolute Gasteiger partial charge is 0.344 e. The van der Waals surface area contributed by atoms with E-state index in [2.05, 4.69) is 22.4 Å². The van der Waals surface area contributed by atoms with Crippen LogP contribution in [0.3, 0.4) is 0 Å².